The molecule has 1 aromatic carbocycles. The normalized spacial score (nSPS) is 15.0. The van der Waals surface area contributed by atoms with Gasteiger partial charge in [-0.25, -0.2) is 0 Å². The van der Waals surface area contributed by atoms with Gasteiger partial charge in [-0.2, -0.15) is 0 Å². The molecular weight excluding hydrogens is 320 g/mol. The summed E-state index contributed by atoms with van der Waals surface area (Å²) in [6, 6.07) is 6.78. The van der Waals surface area contributed by atoms with Crippen LogP contribution in [0.1, 0.15) is 62.3 Å². The number of benzene rings is 1. The zero-order chi connectivity index (χ0) is 19.4. The van der Waals surface area contributed by atoms with Gasteiger partial charge in [-0.05, 0) is 55.0 Å². The van der Waals surface area contributed by atoms with Crippen LogP contribution in [0.4, 0.5) is 0 Å². The number of likely N-dealkylation sites (N-methyl/N-ethyl adjacent to an activating group) is 1. The van der Waals surface area contributed by atoms with E-state index in [4.69, 9.17) is 0 Å². The fourth-order valence-electron chi connectivity index (χ4n) is 3.79. The predicted molar refractivity (Wildman–Crippen MR) is 112 cm³/mol. The quantitative estimate of drug-likeness (QED) is 0.784. The molecule has 0 radical (unpaired) electrons. The number of aryl methyl sites for hydroxylation is 2. The van der Waals surface area contributed by atoms with E-state index in [1.807, 2.05) is 27.1 Å². The second-order valence-corrected chi connectivity index (χ2v) is 7.28. The molecule has 1 aliphatic heterocycles. The minimum absolute atomic E-state index is 0.162. The number of hydrogen-bond acceptors (Lipinski definition) is 2. The van der Waals surface area contributed by atoms with Gasteiger partial charge < -0.3 is 9.47 Å². The molecule has 2 heterocycles. The Balaban J connectivity index is 0.00000117. The molecule has 0 amide bonds. The Bertz CT molecular complexity index is 820. The molecule has 26 heavy (non-hydrogen) atoms. The van der Waals surface area contributed by atoms with E-state index in [9.17, 15) is 4.79 Å². The number of nitrogens with zero attached hydrogens (tertiary/aromatic N) is 2. The summed E-state index contributed by atoms with van der Waals surface area (Å²) in [7, 11) is 3.99. The summed E-state index contributed by atoms with van der Waals surface area (Å²) in [5, 5.41) is 0. The second-order valence-electron chi connectivity index (χ2n) is 7.28. The first-order chi connectivity index (χ1) is 12.4. The van der Waals surface area contributed by atoms with E-state index in [2.05, 4.69) is 50.9 Å². The minimum atomic E-state index is 0.162. The van der Waals surface area contributed by atoms with Crippen LogP contribution in [0.25, 0.3) is 11.1 Å². The average Bonchev–Trinajstić information content (AvgIpc) is 2.65. The van der Waals surface area contributed by atoms with Gasteiger partial charge in [0, 0.05) is 37.5 Å². The summed E-state index contributed by atoms with van der Waals surface area (Å²) in [6.07, 6.45) is 4.01. The Morgan fingerprint density at radius 1 is 1.15 bits per heavy atom. The highest BCUT2D eigenvalue weighted by Crippen LogP contribution is 2.31. The topological polar surface area (TPSA) is 25.2 Å². The third-order valence-electron chi connectivity index (χ3n) is 5.49. The van der Waals surface area contributed by atoms with E-state index in [1.54, 1.807) is 4.57 Å². The third-order valence-corrected chi connectivity index (χ3v) is 5.49. The van der Waals surface area contributed by atoms with Crippen LogP contribution in [-0.4, -0.2) is 23.1 Å². The lowest BCUT2D eigenvalue weighted by Gasteiger charge is -2.27. The molecule has 142 valence electrons. The molecule has 3 rings (SSSR count). The van der Waals surface area contributed by atoms with E-state index in [1.165, 1.54) is 27.8 Å². The molecule has 0 fully saturated rings. The second kappa shape index (κ2) is 8.68. The van der Waals surface area contributed by atoms with Crippen molar-refractivity contribution in [3.8, 4) is 11.1 Å². The smallest absolute Gasteiger partial charge is 0.253 e. The van der Waals surface area contributed by atoms with E-state index in [0.29, 0.717) is 5.92 Å². The fourth-order valence-corrected chi connectivity index (χ4v) is 3.79. The van der Waals surface area contributed by atoms with Gasteiger partial charge in [-0.3, -0.25) is 4.79 Å². The molecule has 0 saturated carbocycles. The Morgan fingerprint density at radius 2 is 1.85 bits per heavy atom. The fraction of sp³-hybridized carbons (Fsp3) is 0.522. The highest BCUT2D eigenvalue weighted by atomic mass is 16.1. The van der Waals surface area contributed by atoms with E-state index >= 15 is 0 Å². The van der Waals surface area contributed by atoms with Crippen LogP contribution in [0.5, 0.6) is 0 Å². The van der Waals surface area contributed by atoms with Crippen LogP contribution in [0.2, 0.25) is 0 Å². The molecule has 3 heteroatoms. The standard InChI is InChI=1S/C21H28N2O.C2H6/c1-6-14(2)17-8-7-16(11-15(17)3)19-13-23(5)21(24)18-9-10-22(4)12-20(18)19;1-2/h7-8,11,13-14H,6,9-10,12H2,1-5H3;1-2H3. The molecule has 0 spiro atoms. The summed E-state index contributed by atoms with van der Waals surface area (Å²) in [5.74, 6) is 0.583. The average molecular weight is 355 g/mol. The summed E-state index contributed by atoms with van der Waals surface area (Å²) >= 11 is 0. The molecule has 1 aromatic heterocycles. The minimum Gasteiger partial charge on any atom is -0.318 e. The van der Waals surface area contributed by atoms with Crippen molar-refractivity contribution >= 4 is 0 Å². The van der Waals surface area contributed by atoms with Crippen LogP contribution < -0.4 is 5.56 Å². The van der Waals surface area contributed by atoms with E-state index in [-0.39, 0.29) is 5.56 Å². The Kier molecular flexibility index (Phi) is 6.82. The third kappa shape index (κ3) is 3.93. The predicted octanol–water partition coefficient (Wildman–Crippen LogP) is 4.89. The maximum Gasteiger partial charge on any atom is 0.253 e. The first kappa shape index (κ1) is 20.4. The summed E-state index contributed by atoms with van der Waals surface area (Å²) in [6.45, 7) is 12.5. The van der Waals surface area contributed by atoms with Crippen LogP contribution in [0.3, 0.4) is 0 Å². The zero-order valence-corrected chi connectivity index (χ0v) is 17.5. The molecule has 1 atom stereocenters. The summed E-state index contributed by atoms with van der Waals surface area (Å²) in [4.78, 5) is 14.8. The molecule has 3 nitrogen and oxygen atoms in total. The molecular formula is C23H34N2O. The summed E-state index contributed by atoms with van der Waals surface area (Å²) < 4.78 is 1.75. The van der Waals surface area contributed by atoms with Crippen molar-refractivity contribution in [2.75, 3.05) is 13.6 Å². The number of aromatic nitrogens is 1. The van der Waals surface area contributed by atoms with Gasteiger partial charge in [0.05, 0.1) is 0 Å². The lowest BCUT2D eigenvalue weighted by Crippen LogP contribution is -2.34. The molecule has 1 aliphatic rings. The van der Waals surface area contributed by atoms with E-state index < -0.39 is 0 Å². The number of hydrogen-bond donors (Lipinski definition) is 0. The van der Waals surface area contributed by atoms with Crippen molar-refractivity contribution in [1.29, 1.82) is 0 Å². The Labute approximate surface area is 158 Å². The van der Waals surface area contributed by atoms with Gasteiger partial charge in [0.15, 0.2) is 0 Å². The highest BCUT2D eigenvalue weighted by molar-refractivity contribution is 5.69. The lowest BCUT2D eigenvalue weighted by atomic mass is 9.89. The number of fused-ring (bicyclic) bond motifs is 1. The van der Waals surface area contributed by atoms with Crippen molar-refractivity contribution in [3.05, 3.63) is 57.0 Å². The zero-order valence-electron chi connectivity index (χ0n) is 17.5. The molecule has 0 aliphatic carbocycles. The van der Waals surface area contributed by atoms with Crippen LogP contribution in [0.15, 0.2) is 29.2 Å². The van der Waals surface area contributed by atoms with Crippen molar-refractivity contribution in [3.63, 3.8) is 0 Å². The first-order valence-corrected chi connectivity index (χ1v) is 9.93. The van der Waals surface area contributed by atoms with Crippen LogP contribution in [0, 0.1) is 6.92 Å². The number of pyridine rings is 1. The first-order valence-electron chi connectivity index (χ1n) is 9.93. The molecule has 0 bridgehead atoms. The van der Waals surface area contributed by atoms with Crippen LogP contribution >= 0.6 is 0 Å². The maximum atomic E-state index is 12.5. The molecule has 1 unspecified atom stereocenters. The maximum absolute atomic E-state index is 12.5. The van der Waals surface area contributed by atoms with Gasteiger partial charge in [0.1, 0.15) is 0 Å². The Hall–Kier alpha value is -1.87. The molecule has 0 saturated heterocycles. The van der Waals surface area contributed by atoms with E-state index in [0.717, 1.165) is 31.5 Å². The van der Waals surface area contributed by atoms with Gasteiger partial charge in [0.2, 0.25) is 0 Å². The number of rotatable bonds is 3. The molecule has 2 aromatic rings. The van der Waals surface area contributed by atoms with Crippen molar-refractivity contribution < 1.29 is 0 Å². The molecule has 0 N–H and O–H groups in total. The van der Waals surface area contributed by atoms with Gasteiger partial charge in [0.25, 0.3) is 5.56 Å². The van der Waals surface area contributed by atoms with Crippen molar-refractivity contribution in [2.24, 2.45) is 7.05 Å². The van der Waals surface area contributed by atoms with Crippen molar-refractivity contribution in [2.45, 2.75) is 59.9 Å². The van der Waals surface area contributed by atoms with Gasteiger partial charge in [-0.1, -0.05) is 45.9 Å². The monoisotopic (exact) mass is 354 g/mol. The Morgan fingerprint density at radius 3 is 2.46 bits per heavy atom. The largest absolute Gasteiger partial charge is 0.318 e. The SMILES string of the molecule is CC.CCC(C)c1ccc(-c2cn(C)c(=O)c3c2CN(C)CC3)cc1C. The van der Waals surface area contributed by atoms with Gasteiger partial charge >= 0.3 is 0 Å². The summed E-state index contributed by atoms with van der Waals surface area (Å²) in [5.41, 5.74) is 7.57. The van der Waals surface area contributed by atoms with Crippen molar-refractivity contribution in [1.82, 2.24) is 9.47 Å². The van der Waals surface area contributed by atoms with Gasteiger partial charge in [-0.15, -0.1) is 0 Å². The van der Waals surface area contributed by atoms with Crippen LogP contribution in [-0.2, 0) is 20.0 Å². The lowest BCUT2D eigenvalue weighted by molar-refractivity contribution is 0.311. The highest BCUT2D eigenvalue weighted by Gasteiger charge is 2.21.